The zero-order valence-electron chi connectivity index (χ0n) is 13.8. The van der Waals surface area contributed by atoms with Gasteiger partial charge in [-0.1, -0.05) is 6.08 Å². The first-order valence-corrected chi connectivity index (χ1v) is 11.1. The highest BCUT2D eigenvalue weighted by Crippen LogP contribution is 2.27. The molecule has 0 spiro atoms. The van der Waals surface area contributed by atoms with Crippen LogP contribution in [-0.4, -0.2) is 52.3 Å². The van der Waals surface area contributed by atoms with E-state index >= 15 is 0 Å². The molecule has 1 aromatic carbocycles. The van der Waals surface area contributed by atoms with Crippen LogP contribution in [0.15, 0.2) is 41.8 Å². The van der Waals surface area contributed by atoms with Gasteiger partial charge in [0.1, 0.15) is 5.75 Å². The van der Waals surface area contributed by atoms with Crippen molar-refractivity contribution in [1.82, 2.24) is 5.32 Å². The summed E-state index contributed by atoms with van der Waals surface area (Å²) in [4.78, 5) is 0.103. The molecule has 1 fully saturated rings. The summed E-state index contributed by atoms with van der Waals surface area (Å²) in [7, 11) is -7.16. The van der Waals surface area contributed by atoms with Crippen LogP contribution < -0.4 is 10.1 Å². The zero-order chi connectivity index (χ0) is 18.0. The SMILES string of the molecule is C=CCN[C@H]1CS(=O)(=O)C[C@@H]1S(=O)(=O)c1ccc(OC(C)C)cc1. The van der Waals surface area contributed by atoms with E-state index in [9.17, 15) is 16.8 Å². The highest BCUT2D eigenvalue weighted by molar-refractivity contribution is 7.96. The highest BCUT2D eigenvalue weighted by atomic mass is 32.2. The third kappa shape index (κ3) is 4.37. The fourth-order valence-electron chi connectivity index (χ4n) is 2.70. The Labute approximate surface area is 143 Å². The standard InChI is InChI=1S/C16H23NO5S2/c1-4-9-17-15-10-23(18,19)11-16(15)24(20,21)14-7-5-13(6-8-14)22-12(2)3/h4-8,12,15-17H,1,9-11H2,2-3H3/t15-,16-/m0/s1. The molecule has 1 aliphatic rings. The van der Waals surface area contributed by atoms with E-state index in [2.05, 4.69) is 11.9 Å². The van der Waals surface area contributed by atoms with Crippen LogP contribution in [0.2, 0.25) is 0 Å². The second kappa shape index (κ2) is 7.25. The molecule has 1 heterocycles. The Balaban J connectivity index is 2.28. The Morgan fingerprint density at radius 1 is 1.29 bits per heavy atom. The smallest absolute Gasteiger partial charge is 0.183 e. The van der Waals surface area contributed by atoms with Crippen molar-refractivity contribution in [2.75, 3.05) is 18.1 Å². The minimum absolute atomic E-state index is 0.0140. The molecule has 1 aromatic rings. The first-order valence-electron chi connectivity index (χ1n) is 7.71. The van der Waals surface area contributed by atoms with Crippen LogP contribution in [-0.2, 0) is 19.7 Å². The van der Waals surface area contributed by atoms with Crippen molar-refractivity contribution in [2.24, 2.45) is 0 Å². The summed E-state index contributed by atoms with van der Waals surface area (Å²) in [6.45, 7) is 7.67. The monoisotopic (exact) mass is 373 g/mol. The van der Waals surface area contributed by atoms with Gasteiger partial charge in [0.25, 0.3) is 0 Å². The van der Waals surface area contributed by atoms with Gasteiger partial charge in [0, 0.05) is 12.6 Å². The van der Waals surface area contributed by atoms with E-state index in [1.807, 2.05) is 13.8 Å². The Kier molecular flexibility index (Phi) is 5.72. The molecular weight excluding hydrogens is 350 g/mol. The van der Waals surface area contributed by atoms with Gasteiger partial charge in [-0.15, -0.1) is 6.58 Å². The second-order valence-electron chi connectivity index (χ2n) is 6.10. The molecule has 0 aliphatic carbocycles. The molecule has 24 heavy (non-hydrogen) atoms. The van der Waals surface area contributed by atoms with Gasteiger partial charge >= 0.3 is 0 Å². The minimum atomic E-state index is -3.77. The molecule has 1 aliphatic heterocycles. The Hall–Kier alpha value is -1.38. The molecule has 1 N–H and O–H groups in total. The molecule has 2 atom stereocenters. The number of hydrogen-bond donors (Lipinski definition) is 1. The van der Waals surface area contributed by atoms with Crippen molar-refractivity contribution in [1.29, 1.82) is 0 Å². The van der Waals surface area contributed by atoms with Gasteiger partial charge in [-0.2, -0.15) is 0 Å². The lowest BCUT2D eigenvalue weighted by atomic mass is 10.2. The summed E-state index contributed by atoms with van der Waals surface area (Å²) in [5, 5.41) is 1.95. The van der Waals surface area contributed by atoms with Crippen LogP contribution in [0.3, 0.4) is 0 Å². The van der Waals surface area contributed by atoms with Crippen molar-refractivity contribution in [2.45, 2.75) is 36.1 Å². The maximum absolute atomic E-state index is 12.9. The fraction of sp³-hybridized carbons (Fsp3) is 0.500. The first-order chi connectivity index (χ1) is 11.2. The van der Waals surface area contributed by atoms with E-state index in [0.717, 1.165) is 0 Å². The summed E-state index contributed by atoms with van der Waals surface area (Å²) in [5.41, 5.74) is 0. The van der Waals surface area contributed by atoms with E-state index < -0.39 is 31.0 Å². The summed E-state index contributed by atoms with van der Waals surface area (Å²) in [6.07, 6.45) is 1.56. The van der Waals surface area contributed by atoms with Crippen molar-refractivity contribution >= 4 is 19.7 Å². The third-order valence-electron chi connectivity index (χ3n) is 3.75. The minimum Gasteiger partial charge on any atom is -0.491 e. The molecule has 134 valence electrons. The fourth-order valence-corrected chi connectivity index (χ4v) is 7.42. The summed E-state index contributed by atoms with van der Waals surface area (Å²) in [6, 6.07) is 5.46. The van der Waals surface area contributed by atoms with Gasteiger partial charge in [0.05, 0.1) is 27.8 Å². The topological polar surface area (TPSA) is 89.5 Å². The molecule has 6 nitrogen and oxygen atoms in total. The van der Waals surface area contributed by atoms with Gasteiger partial charge in [0.15, 0.2) is 19.7 Å². The Bertz CT molecular complexity index is 782. The number of hydrogen-bond acceptors (Lipinski definition) is 6. The molecular formula is C16H23NO5S2. The lowest BCUT2D eigenvalue weighted by Gasteiger charge is -2.19. The van der Waals surface area contributed by atoms with E-state index in [1.54, 1.807) is 18.2 Å². The van der Waals surface area contributed by atoms with Gasteiger partial charge in [-0.3, -0.25) is 0 Å². The number of benzene rings is 1. The maximum atomic E-state index is 12.9. The summed E-state index contributed by atoms with van der Waals surface area (Å²) >= 11 is 0. The van der Waals surface area contributed by atoms with Gasteiger partial charge in [0.2, 0.25) is 0 Å². The molecule has 0 unspecified atom stereocenters. The molecule has 0 radical (unpaired) electrons. The quantitative estimate of drug-likeness (QED) is 0.722. The molecule has 0 amide bonds. The second-order valence-corrected chi connectivity index (χ2v) is 10.4. The number of rotatable bonds is 7. The molecule has 0 aromatic heterocycles. The molecule has 1 saturated heterocycles. The summed E-state index contributed by atoms with van der Waals surface area (Å²) < 4.78 is 55.1. The molecule has 0 bridgehead atoms. The number of sulfone groups is 2. The van der Waals surface area contributed by atoms with E-state index in [4.69, 9.17) is 4.74 Å². The van der Waals surface area contributed by atoms with Crippen LogP contribution in [0.5, 0.6) is 5.75 Å². The van der Waals surface area contributed by atoms with E-state index in [0.29, 0.717) is 12.3 Å². The van der Waals surface area contributed by atoms with Crippen molar-refractivity contribution in [3.05, 3.63) is 36.9 Å². The molecule has 2 rings (SSSR count). The van der Waals surface area contributed by atoms with Crippen LogP contribution in [0.25, 0.3) is 0 Å². The lowest BCUT2D eigenvalue weighted by molar-refractivity contribution is 0.242. The first kappa shape index (κ1) is 19.0. The van der Waals surface area contributed by atoms with Crippen molar-refractivity contribution in [3.63, 3.8) is 0 Å². The molecule has 8 heteroatoms. The predicted octanol–water partition coefficient (Wildman–Crippen LogP) is 1.19. The van der Waals surface area contributed by atoms with Crippen LogP contribution in [0, 0.1) is 0 Å². The van der Waals surface area contributed by atoms with Gasteiger partial charge in [-0.05, 0) is 38.1 Å². The van der Waals surface area contributed by atoms with Crippen molar-refractivity contribution in [3.8, 4) is 5.75 Å². The van der Waals surface area contributed by atoms with Gasteiger partial charge in [-0.25, -0.2) is 16.8 Å². The Morgan fingerprint density at radius 2 is 1.92 bits per heavy atom. The number of nitrogens with one attached hydrogen (secondary N) is 1. The van der Waals surface area contributed by atoms with Crippen LogP contribution in [0.4, 0.5) is 0 Å². The van der Waals surface area contributed by atoms with Crippen molar-refractivity contribution < 1.29 is 21.6 Å². The average molecular weight is 373 g/mol. The van der Waals surface area contributed by atoms with E-state index in [1.165, 1.54) is 12.1 Å². The Morgan fingerprint density at radius 3 is 2.46 bits per heavy atom. The maximum Gasteiger partial charge on any atom is 0.183 e. The van der Waals surface area contributed by atoms with Crippen LogP contribution >= 0.6 is 0 Å². The zero-order valence-corrected chi connectivity index (χ0v) is 15.4. The highest BCUT2D eigenvalue weighted by Gasteiger charge is 2.45. The third-order valence-corrected chi connectivity index (χ3v) is 7.91. The average Bonchev–Trinajstić information content (AvgIpc) is 2.81. The van der Waals surface area contributed by atoms with Crippen LogP contribution in [0.1, 0.15) is 13.8 Å². The van der Waals surface area contributed by atoms with E-state index in [-0.39, 0.29) is 22.5 Å². The lowest BCUT2D eigenvalue weighted by Crippen LogP contribution is -2.43. The van der Waals surface area contributed by atoms with Gasteiger partial charge < -0.3 is 10.1 Å². The largest absolute Gasteiger partial charge is 0.491 e. The normalized spacial score (nSPS) is 23.3. The molecule has 0 saturated carbocycles. The predicted molar refractivity (Wildman–Crippen MR) is 93.8 cm³/mol. The summed E-state index contributed by atoms with van der Waals surface area (Å²) in [5.74, 6) is 0.0255. The number of ether oxygens (including phenoxy) is 1.